The molecule has 0 fully saturated rings. The molecule has 0 radical (unpaired) electrons. The van der Waals surface area contributed by atoms with Gasteiger partial charge in [-0.25, -0.2) is 4.98 Å². The van der Waals surface area contributed by atoms with Crippen LogP contribution in [0, 0.1) is 6.92 Å². The molecule has 2 rings (SSSR count). The molecular weight excluding hydrogens is 346 g/mol. The molecule has 0 saturated heterocycles. The summed E-state index contributed by atoms with van der Waals surface area (Å²) in [7, 11) is 1.77. The Kier molecular flexibility index (Phi) is 8.00. The second-order valence-electron chi connectivity index (χ2n) is 6.36. The van der Waals surface area contributed by atoms with Gasteiger partial charge in [-0.05, 0) is 40.2 Å². The fraction of sp³-hybridized carbons (Fsp3) is 0.556. The molecule has 0 bridgehead atoms. The van der Waals surface area contributed by atoms with Crippen molar-refractivity contribution in [3.63, 3.8) is 0 Å². The van der Waals surface area contributed by atoms with Gasteiger partial charge in [-0.15, -0.1) is 0 Å². The number of amides is 1. The van der Waals surface area contributed by atoms with E-state index in [9.17, 15) is 4.79 Å². The molecule has 0 aliphatic rings. The van der Waals surface area contributed by atoms with Crippen molar-refractivity contribution in [3.05, 3.63) is 23.5 Å². The fourth-order valence-electron chi connectivity index (χ4n) is 2.35. The molecule has 1 atom stereocenters. The summed E-state index contributed by atoms with van der Waals surface area (Å²) in [6.07, 6.45) is 4.36. The van der Waals surface area contributed by atoms with Gasteiger partial charge in [-0.1, -0.05) is 12.1 Å². The summed E-state index contributed by atoms with van der Waals surface area (Å²) in [5.74, 6) is 1.74. The summed E-state index contributed by atoms with van der Waals surface area (Å²) in [6.45, 7) is 7.21. The third kappa shape index (κ3) is 6.52. The quantitative estimate of drug-likeness (QED) is 0.441. The van der Waals surface area contributed by atoms with Crippen LogP contribution in [-0.4, -0.2) is 47.2 Å². The lowest BCUT2D eigenvalue weighted by Gasteiger charge is -2.13. The maximum absolute atomic E-state index is 11.8. The van der Waals surface area contributed by atoms with Crippen LogP contribution in [0.5, 0.6) is 0 Å². The fourth-order valence-corrected chi connectivity index (χ4v) is 2.35. The average molecular weight is 375 g/mol. The molecular formula is C18H29N7O2. The molecule has 2 aromatic heterocycles. The number of likely N-dealkylation sites (N-methyl/N-ethyl adjacent to an activating group) is 1. The maximum atomic E-state index is 11.8. The van der Waals surface area contributed by atoms with Crippen molar-refractivity contribution in [1.82, 2.24) is 25.8 Å². The first kappa shape index (κ1) is 20.6. The number of carbonyl (C=O) groups is 1. The number of hydrogen-bond donors (Lipinski definition) is 4. The summed E-state index contributed by atoms with van der Waals surface area (Å²) in [4.78, 5) is 20.7. The first-order valence-corrected chi connectivity index (χ1v) is 9.28. The van der Waals surface area contributed by atoms with Crippen LogP contribution in [-0.2, 0) is 11.2 Å². The molecule has 2 heterocycles. The number of nitrogens with zero attached hydrogens (tertiary/aromatic N) is 3. The van der Waals surface area contributed by atoms with Crippen molar-refractivity contribution >= 4 is 23.6 Å². The minimum atomic E-state index is -0.194. The Morgan fingerprint density at radius 2 is 2.15 bits per heavy atom. The van der Waals surface area contributed by atoms with Crippen LogP contribution >= 0.6 is 0 Å². The van der Waals surface area contributed by atoms with Gasteiger partial charge >= 0.3 is 0 Å². The Balaban J connectivity index is 1.96. The number of anilines is 3. The maximum Gasteiger partial charge on any atom is 0.236 e. The average Bonchev–Trinajstić information content (AvgIpc) is 3.08. The standard InChI is InChI=1S/C18H29N7O2/c1-5-8-20-16-14(7-6-9-21-17(26)13(3)19-4)11-22-18(24-16)23-15-10-12(2)25-27-15/h10-11,13,19H,5-9H2,1-4H3,(H,21,26)(H2,20,22,23,24)/t13-/m0/s1. The van der Waals surface area contributed by atoms with Crippen LogP contribution < -0.4 is 21.3 Å². The molecule has 9 heteroatoms. The number of hydrogen-bond acceptors (Lipinski definition) is 8. The van der Waals surface area contributed by atoms with Gasteiger partial charge in [0.05, 0.1) is 11.7 Å². The van der Waals surface area contributed by atoms with Gasteiger partial charge in [0, 0.05) is 30.9 Å². The second kappa shape index (κ2) is 10.5. The van der Waals surface area contributed by atoms with Crippen LogP contribution in [0.1, 0.15) is 37.9 Å². The number of aromatic nitrogens is 3. The smallest absolute Gasteiger partial charge is 0.236 e. The summed E-state index contributed by atoms with van der Waals surface area (Å²) < 4.78 is 5.14. The van der Waals surface area contributed by atoms with Crippen LogP contribution in [0.3, 0.4) is 0 Å². The van der Waals surface area contributed by atoms with Crippen LogP contribution in [0.2, 0.25) is 0 Å². The van der Waals surface area contributed by atoms with Crippen LogP contribution in [0.4, 0.5) is 17.7 Å². The van der Waals surface area contributed by atoms with Crippen molar-refractivity contribution < 1.29 is 9.32 Å². The highest BCUT2D eigenvalue weighted by Crippen LogP contribution is 2.19. The molecule has 0 aliphatic carbocycles. The number of carbonyl (C=O) groups excluding carboxylic acids is 1. The molecule has 0 spiro atoms. The zero-order valence-electron chi connectivity index (χ0n) is 16.4. The highest BCUT2D eigenvalue weighted by Gasteiger charge is 2.11. The van der Waals surface area contributed by atoms with Crippen LogP contribution in [0.25, 0.3) is 0 Å². The molecule has 9 nitrogen and oxygen atoms in total. The molecule has 1 amide bonds. The highest BCUT2D eigenvalue weighted by molar-refractivity contribution is 5.81. The van der Waals surface area contributed by atoms with Gasteiger partial charge in [0.25, 0.3) is 0 Å². The summed E-state index contributed by atoms with van der Waals surface area (Å²) >= 11 is 0. The van der Waals surface area contributed by atoms with E-state index in [2.05, 4.69) is 43.3 Å². The van der Waals surface area contributed by atoms with Crippen molar-refractivity contribution in [1.29, 1.82) is 0 Å². The van der Waals surface area contributed by atoms with Gasteiger partial charge in [0.1, 0.15) is 5.82 Å². The van der Waals surface area contributed by atoms with Gasteiger partial charge in [-0.3, -0.25) is 10.1 Å². The van der Waals surface area contributed by atoms with Gasteiger partial charge in [0.15, 0.2) is 0 Å². The molecule has 0 unspecified atom stereocenters. The first-order chi connectivity index (χ1) is 13.0. The molecule has 0 saturated carbocycles. The van der Waals surface area contributed by atoms with Gasteiger partial charge < -0.3 is 20.5 Å². The molecule has 0 aromatic carbocycles. The van der Waals surface area contributed by atoms with E-state index >= 15 is 0 Å². The van der Waals surface area contributed by atoms with E-state index in [1.165, 1.54) is 0 Å². The van der Waals surface area contributed by atoms with Crippen molar-refractivity contribution in [2.75, 3.05) is 30.8 Å². The molecule has 27 heavy (non-hydrogen) atoms. The predicted octanol–water partition coefficient (Wildman–Crippen LogP) is 2.00. The van der Waals surface area contributed by atoms with Crippen molar-refractivity contribution in [3.8, 4) is 0 Å². The lowest BCUT2D eigenvalue weighted by atomic mass is 10.1. The van der Waals surface area contributed by atoms with E-state index in [-0.39, 0.29) is 11.9 Å². The number of aryl methyl sites for hydroxylation is 2. The third-order valence-corrected chi connectivity index (χ3v) is 4.02. The first-order valence-electron chi connectivity index (χ1n) is 9.28. The molecule has 148 valence electrons. The molecule has 2 aromatic rings. The van der Waals surface area contributed by atoms with Gasteiger partial charge in [0.2, 0.25) is 17.7 Å². The number of nitrogens with one attached hydrogen (secondary N) is 4. The van der Waals surface area contributed by atoms with Crippen molar-refractivity contribution in [2.24, 2.45) is 0 Å². The topological polar surface area (TPSA) is 117 Å². The largest absolute Gasteiger partial charge is 0.370 e. The minimum absolute atomic E-state index is 0.0000184. The van der Waals surface area contributed by atoms with E-state index in [1.807, 2.05) is 13.8 Å². The lowest BCUT2D eigenvalue weighted by molar-refractivity contribution is -0.122. The van der Waals surface area contributed by atoms with Gasteiger partial charge in [-0.2, -0.15) is 4.98 Å². The Bertz CT molecular complexity index is 732. The van der Waals surface area contributed by atoms with E-state index in [0.29, 0.717) is 18.4 Å². The van der Waals surface area contributed by atoms with E-state index < -0.39 is 0 Å². The summed E-state index contributed by atoms with van der Waals surface area (Å²) in [5.41, 5.74) is 1.80. The Morgan fingerprint density at radius 3 is 2.81 bits per heavy atom. The highest BCUT2D eigenvalue weighted by atomic mass is 16.5. The molecule has 0 aliphatic heterocycles. The second-order valence-corrected chi connectivity index (χ2v) is 6.36. The Labute approximate surface area is 159 Å². The van der Waals surface area contributed by atoms with Crippen molar-refractivity contribution in [2.45, 2.75) is 46.1 Å². The van der Waals surface area contributed by atoms with Crippen LogP contribution in [0.15, 0.2) is 16.8 Å². The predicted molar refractivity (Wildman–Crippen MR) is 105 cm³/mol. The van der Waals surface area contributed by atoms with E-state index in [1.54, 1.807) is 19.3 Å². The normalized spacial score (nSPS) is 11.9. The molecule has 4 N–H and O–H groups in total. The summed E-state index contributed by atoms with van der Waals surface area (Å²) in [5, 5.41) is 16.0. The Hall–Kier alpha value is -2.68. The Morgan fingerprint density at radius 1 is 1.33 bits per heavy atom. The monoisotopic (exact) mass is 375 g/mol. The zero-order valence-corrected chi connectivity index (χ0v) is 16.4. The summed E-state index contributed by atoms with van der Waals surface area (Å²) in [6, 6.07) is 1.59. The lowest BCUT2D eigenvalue weighted by Crippen LogP contribution is -2.40. The minimum Gasteiger partial charge on any atom is -0.370 e. The number of rotatable bonds is 11. The SMILES string of the molecule is CCCNc1nc(Nc2cc(C)no2)ncc1CCCNC(=O)[C@H](C)NC. The zero-order chi connectivity index (χ0) is 19.6. The van der Waals surface area contributed by atoms with E-state index in [0.717, 1.165) is 42.9 Å². The van der Waals surface area contributed by atoms with E-state index in [4.69, 9.17) is 4.52 Å². The third-order valence-electron chi connectivity index (χ3n) is 4.02.